The number of nitrogens with zero attached hydrogens (tertiary/aromatic N) is 2. The van der Waals surface area contributed by atoms with Gasteiger partial charge in [-0.3, -0.25) is 14.2 Å². The van der Waals surface area contributed by atoms with Crippen molar-refractivity contribution in [2.75, 3.05) is 0 Å². The molecule has 0 saturated carbocycles. The molecule has 0 aliphatic rings. The van der Waals surface area contributed by atoms with Gasteiger partial charge in [0.2, 0.25) is 5.88 Å². The van der Waals surface area contributed by atoms with Crippen molar-refractivity contribution in [2.45, 2.75) is 19.1 Å². The lowest BCUT2D eigenvalue weighted by Gasteiger charge is -2.03. The molecule has 0 bridgehead atoms. The second-order valence-corrected chi connectivity index (χ2v) is 3.76. The predicted molar refractivity (Wildman–Crippen MR) is 63.2 cm³/mol. The summed E-state index contributed by atoms with van der Waals surface area (Å²) < 4.78 is 32.6. The third-order valence-electron chi connectivity index (χ3n) is 2.17. The first-order valence-corrected chi connectivity index (χ1v) is 5.47. The number of aromatic hydroxyl groups is 2. The van der Waals surface area contributed by atoms with Crippen LogP contribution in [0.2, 0.25) is 0 Å². The van der Waals surface area contributed by atoms with Crippen LogP contribution in [0.25, 0.3) is 0 Å². The van der Waals surface area contributed by atoms with Crippen LogP contribution in [0.3, 0.4) is 0 Å². The van der Waals surface area contributed by atoms with Crippen molar-refractivity contribution in [3.05, 3.63) is 11.6 Å². The normalized spacial score (nSPS) is 10.4. The van der Waals surface area contributed by atoms with Crippen molar-refractivity contribution < 1.29 is 48.0 Å². The molecule has 0 radical (unpaired) electrons. The molecule has 1 aromatic rings. The van der Waals surface area contributed by atoms with Gasteiger partial charge in [0.05, 0.1) is 6.42 Å². The molecular formula is C10H10F3N3O7. The minimum atomic E-state index is -5.08. The number of hydrogen-bond donors (Lipinski definition) is 5. The van der Waals surface area contributed by atoms with Crippen LogP contribution in [0, 0.1) is 5.53 Å². The minimum Gasteiger partial charge on any atom is -0.494 e. The molecule has 128 valence electrons. The lowest BCUT2D eigenvalue weighted by atomic mass is 10.3. The van der Waals surface area contributed by atoms with E-state index in [0.717, 1.165) is 10.6 Å². The number of aromatic nitrogens is 1. The number of nitrogens with one attached hydrogen (secondary N) is 1. The molecule has 5 N–H and O–H groups in total. The van der Waals surface area contributed by atoms with Crippen LogP contribution < -0.4 is 0 Å². The zero-order valence-electron chi connectivity index (χ0n) is 11.0. The van der Waals surface area contributed by atoms with Crippen LogP contribution >= 0.6 is 0 Å². The first kappa shape index (κ1) is 19.9. The topological polar surface area (TPSA) is 173 Å². The third-order valence-corrected chi connectivity index (χ3v) is 2.17. The largest absolute Gasteiger partial charge is 0.494 e. The highest BCUT2D eigenvalue weighted by Crippen LogP contribution is 2.28. The van der Waals surface area contributed by atoms with E-state index < -0.39 is 35.8 Å². The van der Waals surface area contributed by atoms with E-state index >= 15 is 0 Å². The van der Waals surface area contributed by atoms with Gasteiger partial charge in [0.15, 0.2) is 5.88 Å². The highest BCUT2D eigenvalue weighted by Gasteiger charge is 2.38. The maximum Gasteiger partial charge on any atom is 0.490 e. The van der Waals surface area contributed by atoms with Crippen molar-refractivity contribution >= 4 is 17.8 Å². The summed E-state index contributed by atoms with van der Waals surface area (Å²) >= 11 is 0. The molecule has 0 aromatic carbocycles. The molecule has 0 unspecified atom stereocenters. The lowest BCUT2D eigenvalue weighted by Crippen LogP contribution is -2.21. The van der Waals surface area contributed by atoms with Gasteiger partial charge >= 0.3 is 18.1 Å². The van der Waals surface area contributed by atoms with Crippen LogP contribution in [0.5, 0.6) is 11.8 Å². The average molecular weight is 341 g/mol. The monoisotopic (exact) mass is 341 g/mol. The molecule has 10 nitrogen and oxygen atoms in total. The number of hydrogen-bond acceptors (Lipinski definition) is 6. The Hall–Kier alpha value is -3.12. The first-order chi connectivity index (χ1) is 10.4. The number of carbonyl (C=O) groups is 3. The standard InChI is InChI=1S/C8H9N3O5.C2HF3O2/c9-10-7(15)4-3-5(12)11(8(4)16)2-1-6(13)14;3-2(4,5)1(6)7/h3,9,12,16H,1-2H2,(H,13,14);(H,6,7). The van der Waals surface area contributed by atoms with Crippen LogP contribution in [-0.2, 0) is 16.1 Å². The summed E-state index contributed by atoms with van der Waals surface area (Å²) in [7, 11) is 0. The zero-order valence-corrected chi connectivity index (χ0v) is 11.0. The van der Waals surface area contributed by atoms with Crippen molar-refractivity contribution in [2.24, 2.45) is 5.11 Å². The van der Waals surface area contributed by atoms with Gasteiger partial charge < -0.3 is 20.4 Å². The number of alkyl halides is 3. The maximum atomic E-state index is 11.0. The van der Waals surface area contributed by atoms with Gasteiger partial charge in [-0.1, -0.05) is 0 Å². The van der Waals surface area contributed by atoms with Crippen LogP contribution in [-0.4, -0.2) is 49.0 Å². The Morgan fingerprint density at radius 3 is 2.04 bits per heavy atom. The molecule has 0 atom stereocenters. The summed E-state index contributed by atoms with van der Waals surface area (Å²) in [6.07, 6.45) is -5.40. The van der Waals surface area contributed by atoms with Crippen LogP contribution in [0.15, 0.2) is 11.2 Å². The highest BCUT2D eigenvalue weighted by atomic mass is 19.4. The molecule has 13 heteroatoms. The van der Waals surface area contributed by atoms with Crippen LogP contribution in [0.4, 0.5) is 13.2 Å². The first-order valence-electron chi connectivity index (χ1n) is 5.47. The van der Waals surface area contributed by atoms with E-state index in [1.54, 1.807) is 0 Å². The fraction of sp³-hybridized carbons (Fsp3) is 0.300. The van der Waals surface area contributed by atoms with Crippen LogP contribution in [0.1, 0.15) is 16.8 Å². The van der Waals surface area contributed by atoms with E-state index in [9.17, 15) is 33.0 Å². The average Bonchev–Trinajstić information content (AvgIpc) is 2.70. The van der Waals surface area contributed by atoms with E-state index in [2.05, 4.69) is 5.11 Å². The molecule has 1 aromatic heterocycles. The minimum absolute atomic E-state index is 0.182. The SMILES string of the molecule is N=NC(=O)c1cc(O)n(CCC(=O)O)c1O.O=C(O)C(F)(F)F. The Labute approximate surface area is 124 Å². The van der Waals surface area contributed by atoms with Gasteiger partial charge in [-0.15, -0.1) is 5.11 Å². The number of carboxylic acid groups (broad SMARTS) is 2. The summed E-state index contributed by atoms with van der Waals surface area (Å²) in [5.41, 5.74) is 6.14. The lowest BCUT2D eigenvalue weighted by molar-refractivity contribution is -0.192. The molecule has 0 aliphatic heterocycles. The predicted octanol–water partition coefficient (Wildman–Crippen LogP) is 1.18. The van der Waals surface area contributed by atoms with Gasteiger partial charge in [-0.2, -0.15) is 13.2 Å². The molecule has 0 fully saturated rings. The Bertz CT molecular complexity index is 624. The number of rotatable bonds is 4. The highest BCUT2D eigenvalue weighted by molar-refractivity contribution is 5.97. The molecule has 0 spiro atoms. The van der Waals surface area contributed by atoms with Gasteiger partial charge in [-0.25, -0.2) is 10.3 Å². The molecule has 1 rings (SSSR count). The number of aliphatic carboxylic acids is 2. The summed E-state index contributed by atoms with van der Waals surface area (Å²) in [5.74, 6) is -5.93. The van der Waals surface area contributed by atoms with E-state index in [-0.39, 0.29) is 18.5 Å². The molecule has 0 aliphatic carbocycles. The number of halogens is 3. The van der Waals surface area contributed by atoms with Crippen molar-refractivity contribution in [1.82, 2.24) is 4.57 Å². The Kier molecular flexibility index (Phi) is 6.71. The Balaban J connectivity index is 0.000000585. The van der Waals surface area contributed by atoms with E-state index in [0.29, 0.717) is 0 Å². The van der Waals surface area contributed by atoms with Gasteiger partial charge in [0.25, 0.3) is 5.91 Å². The Morgan fingerprint density at radius 2 is 1.70 bits per heavy atom. The van der Waals surface area contributed by atoms with E-state index in [4.69, 9.17) is 20.5 Å². The molecule has 1 heterocycles. The smallest absolute Gasteiger partial charge is 0.490 e. The van der Waals surface area contributed by atoms with Crippen molar-refractivity contribution in [3.63, 3.8) is 0 Å². The molecular weight excluding hydrogens is 331 g/mol. The fourth-order valence-electron chi connectivity index (χ4n) is 1.17. The Morgan fingerprint density at radius 1 is 1.22 bits per heavy atom. The van der Waals surface area contributed by atoms with Crippen molar-refractivity contribution in [3.8, 4) is 11.8 Å². The number of carbonyl (C=O) groups excluding carboxylic acids is 1. The second-order valence-electron chi connectivity index (χ2n) is 3.76. The second kappa shape index (κ2) is 7.77. The maximum absolute atomic E-state index is 11.0. The summed E-state index contributed by atoms with van der Waals surface area (Å²) in [4.78, 5) is 30.2. The van der Waals surface area contributed by atoms with Crippen molar-refractivity contribution in [1.29, 1.82) is 5.53 Å². The molecule has 23 heavy (non-hydrogen) atoms. The summed E-state index contributed by atoms with van der Waals surface area (Å²) in [6.45, 7) is -0.182. The molecule has 1 amide bonds. The fourth-order valence-corrected chi connectivity index (χ4v) is 1.17. The third kappa shape index (κ3) is 6.03. The number of amides is 1. The van der Waals surface area contributed by atoms with Gasteiger partial charge in [-0.05, 0) is 0 Å². The van der Waals surface area contributed by atoms with Gasteiger partial charge in [0.1, 0.15) is 5.56 Å². The zero-order chi connectivity index (χ0) is 18.4. The van der Waals surface area contributed by atoms with Gasteiger partial charge in [0, 0.05) is 12.6 Å². The molecule has 0 saturated heterocycles. The summed E-state index contributed by atoms with van der Waals surface area (Å²) in [6, 6.07) is 0.928. The number of carboxylic acids is 2. The van der Waals surface area contributed by atoms with E-state index in [1.165, 1.54) is 0 Å². The quantitative estimate of drug-likeness (QED) is 0.511. The van der Waals surface area contributed by atoms with E-state index in [1.807, 2.05) is 0 Å². The summed E-state index contributed by atoms with van der Waals surface area (Å²) in [5, 5.41) is 36.9.